The molecule has 2 aliphatic rings. The Morgan fingerprint density at radius 3 is 2.72 bits per heavy atom. The van der Waals surface area contributed by atoms with Gasteiger partial charge in [0.05, 0.1) is 12.7 Å². The van der Waals surface area contributed by atoms with Crippen molar-refractivity contribution >= 4 is 21.8 Å². The van der Waals surface area contributed by atoms with Crippen LogP contribution in [0.15, 0.2) is 53.9 Å². The predicted octanol–water partition coefficient (Wildman–Crippen LogP) is 1.94. The largest absolute Gasteiger partial charge is 0.373 e. The zero-order chi connectivity index (χ0) is 17.3. The van der Waals surface area contributed by atoms with Crippen LogP contribution in [-0.2, 0) is 21.4 Å². The molecule has 2 aliphatic heterocycles. The highest BCUT2D eigenvalue weighted by atomic mass is 32.2. The second-order valence-corrected chi connectivity index (χ2v) is 9.87. The topological polar surface area (TPSA) is 72.4 Å². The molecule has 0 unspecified atom stereocenters. The Balaban J connectivity index is 1.33. The summed E-state index contributed by atoms with van der Waals surface area (Å²) in [4.78, 5) is 8.17. The first-order chi connectivity index (χ1) is 12.1. The predicted molar refractivity (Wildman–Crippen MR) is 95.6 cm³/mol. The van der Waals surface area contributed by atoms with Gasteiger partial charge in [-0.25, -0.2) is 8.42 Å². The van der Waals surface area contributed by atoms with Crippen molar-refractivity contribution in [1.82, 2.24) is 14.3 Å². The van der Waals surface area contributed by atoms with E-state index in [-0.39, 0.29) is 15.7 Å². The lowest BCUT2D eigenvalue weighted by atomic mass is 9.95. The molecular weight excluding hydrogens is 358 g/mol. The van der Waals surface area contributed by atoms with Gasteiger partial charge in [0.2, 0.25) is 10.0 Å². The van der Waals surface area contributed by atoms with Gasteiger partial charge in [0.1, 0.15) is 4.90 Å². The van der Waals surface area contributed by atoms with E-state index in [1.54, 1.807) is 35.0 Å². The number of pyridine rings is 2. The fraction of sp³-hybridized carbons (Fsp3) is 0.412. The molecule has 25 heavy (non-hydrogen) atoms. The Kier molecular flexibility index (Phi) is 4.53. The summed E-state index contributed by atoms with van der Waals surface area (Å²) in [7, 11) is -3.43. The molecule has 132 valence electrons. The summed E-state index contributed by atoms with van der Waals surface area (Å²) >= 11 is 1.83. The van der Waals surface area contributed by atoms with Gasteiger partial charge in [-0.05, 0) is 36.2 Å². The van der Waals surface area contributed by atoms with Crippen molar-refractivity contribution in [1.29, 1.82) is 0 Å². The maximum Gasteiger partial charge on any atom is 0.244 e. The van der Waals surface area contributed by atoms with Crippen LogP contribution < -0.4 is 0 Å². The Hall–Kier alpha value is -1.48. The highest BCUT2D eigenvalue weighted by Crippen LogP contribution is 2.47. The van der Waals surface area contributed by atoms with Crippen LogP contribution in [0.1, 0.15) is 12.0 Å². The van der Waals surface area contributed by atoms with Gasteiger partial charge >= 0.3 is 0 Å². The van der Waals surface area contributed by atoms with E-state index >= 15 is 0 Å². The van der Waals surface area contributed by atoms with Crippen LogP contribution in [0.2, 0.25) is 0 Å². The summed E-state index contributed by atoms with van der Waals surface area (Å²) in [6.45, 7) is 1.66. The fourth-order valence-electron chi connectivity index (χ4n) is 3.24. The molecular formula is C17H19N3O3S2. The first kappa shape index (κ1) is 17.0. The quantitative estimate of drug-likeness (QED) is 0.793. The van der Waals surface area contributed by atoms with Gasteiger partial charge in [-0.3, -0.25) is 9.97 Å². The van der Waals surface area contributed by atoms with Crippen LogP contribution >= 0.6 is 11.8 Å². The van der Waals surface area contributed by atoms with Crippen molar-refractivity contribution in [3.63, 3.8) is 0 Å². The summed E-state index contributed by atoms with van der Waals surface area (Å²) in [6, 6.07) is 7.14. The van der Waals surface area contributed by atoms with Crippen LogP contribution in [-0.4, -0.2) is 52.4 Å². The van der Waals surface area contributed by atoms with Crippen LogP contribution in [0.25, 0.3) is 0 Å². The van der Waals surface area contributed by atoms with E-state index in [0.29, 0.717) is 19.7 Å². The SMILES string of the molecule is O=S(=O)(c1cccnc1)N1CC2(C[C@H](OCc3ccncc3)CS2)C1. The van der Waals surface area contributed by atoms with Crippen LogP contribution in [0.3, 0.4) is 0 Å². The molecule has 0 amide bonds. The van der Waals surface area contributed by atoms with E-state index in [1.165, 1.54) is 6.20 Å². The van der Waals surface area contributed by atoms with Crippen LogP contribution in [0, 0.1) is 0 Å². The van der Waals surface area contributed by atoms with Gasteiger partial charge in [-0.1, -0.05) is 0 Å². The highest BCUT2D eigenvalue weighted by Gasteiger charge is 2.53. The third kappa shape index (κ3) is 3.44. The van der Waals surface area contributed by atoms with Gasteiger partial charge in [-0.15, -0.1) is 11.8 Å². The van der Waals surface area contributed by atoms with E-state index in [2.05, 4.69) is 9.97 Å². The first-order valence-corrected chi connectivity index (χ1v) is 10.5. The molecule has 0 bridgehead atoms. The van der Waals surface area contributed by atoms with E-state index < -0.39 is 10.0 Å². The lowest BCUT2D eigenvalue weighted by Crippen LogP contribution is -2.60. The van der Waals surface area contributed by atoms with E-state index in [1.807, 2.05) is 23.9 Å². The summed E-state index contributed by atoms with van der Waals surface area (Å²) in [6.07, 6.45) is 7.56. The number of hydrogen-bond acceptors (Lipinski definition) is 6. The molecule has 0 N–H and O–H groups in total. The zero-order valence-electron chi connectivity index (χ0n) is 13.6. The minimum atomic E-state index is -3.43. The van der Waals surface area contributed by atoms with Crippen LogP contribution in [0.4, 0.5) is 0 Å². The number of sulfonamides is 1. The number of hydrogen-bond donors (Lipinski definition) is 0. The molecule has 4 rings (SSSR count). The van der Waals surface area contributed by atoms with Gasteiger partial charge in [-0.2, -0.15) is 4.31 Å². The normalized spacial score (nSPS) is 22.8. The Morgan fingerprint density at radius 2 is 2.00 bits per heavy atom. The number of aromatic nitrogens is 2. The summed E-state index contributed by atoms with van der Waals surface area (Å²) < 4.78 is 32.7. The van der Waals surface area contributed by atoms with Crippen molar-refractivity contribution in [3.05, 3.63) is 54.6 Å². The second kappa shape index (κ2) is 6.68. The van der Waals surface area contributed by atoms with Gasteiger partial charge < -0.3 is 4.74 Å². The average Bonchev–Trinajstić information content (AvgIpc) is 3.05. The maximum absolute atomic E-state index is 12.6. The molecule has 2 aromatic rings. The monoisotopic (exact) mass is 377 g/mol. The standard InChI is InChI=1S/C17H19N3O3S2/c21-25(22,16-2-1-5-19-9-16)20-12-17(13-20)8-15(11-24-17)23-10-14-3-6-18-7-4-14/h1-7,9,15H,8,10-13H2/t15-/m0/s1. The molecule has 0 aromatic carbocycles. The third-order valence-corrected chi connectivity index (χ3v) is 7.96. The molecule has 8 heteroatoms. The van der Waals surface area contributed by atoms with Crippen molar-refractivity contribution in [2.75, 3.05) is 18.8 Å². The second-order valence-electron chi connectivity index (χ2n) is 6.45. The molecule has 2 aromatic heterocycles. The number of ether oxygens (including phenoxy) is 1. The van der Waals surface area contributed by atoms with Crippen molar-refractivity contribution in [2.24, 2.45) is 0 Å². The maximum atomic E-state index is 12.6. The summed E-state index contributed by atoms with van der Waals surface area (Å²) in [5.41, 5.74) is 1.11. The fourth-order valence-corrected chi connectivity index (χ4v) is 6.53. The van der Waals surface area contributed by atoms with Crippen molar-refractivity contribution < 1.29 is 13.2 Å². The van der Waals surface area contributed by atoms with Crippen molar-refractivity contribution in [2.45, 2.75) is 28.8 Å². The van der Waals surface area contributed by atoms with Gasteiger partial charge in [0.15, 0.2) is 0 Å². The molecule has 2 saturated heterocycles. The lowest BCUT2D eigenvalue weighted by molar-refractivity contribution is 0.0397. The van der Waals surface area contributed by atoms with E-state index in [0.717, 1.165) is 17.7 Å². The first-order valence-electron chi connectivity index (χ1n) is 8.12. The molecule has 0 radical (unpaired) electrons. The average molecular weight is 377 g/mol. The Labute approximate surface area is 151 Å². The smallest absolute Gasteiger partial charge is 0.244 e. The minimum Gasteiger partial charge on any atom is -0.373 e. The van der Waals surface area contributed by atoms with E-state index in [4.69, 9.17) is 4.74 Å². The number of thioether (sulfide) groups is 1. The highest BCUT2D eigenvalue weighted by molar-refractivity contribution is 8.01. The van der Waals surface area contributed by atoms with Crippen LogP contribution in [0.5, 0.6) is 0 Å². The molecule has 4 heterocycles. The molecule has 0 aliphatic carbocycles. The zero-order valence-corrected chi connectivity index (χ0v) is 15.2. The Morgan fingerprint density at radius 1 is 1.20 bits per heavy atom. The summed E-state index contributed by atoms with van der Waals surface area (Å²) in [5.74, 6) is 0.909. The van der Waals surface area contributed by atoms with E-state index in [9.17, 15) is 8.42 Å². The molecule has 6 nitrogen and oxygen atoms in total. The Bertz CT molecular complexity index is 825. The molecule has 1 spiro atoms. The van der Waals surface area contributed by atoms with Gasteiger partial charge in [0, 0.05) is 48.4 Å². The van der Waals surface area contributed by atoms with Crippen molar-refractivity contribution in [3.8, 4) is 0 Å². The third-order valence-electron chi connectivity index (χ3n) is 4.61. The number of rotatable bonds is 5. The molecule has 1 atom stereocenters. The minimum absolute atomic E-state index is 0.00180. The summed E-state index contributed by atoms with van der Waals surface area (Å²) in [5, 5.41) is 0. The molecule has 0 saturated carbocycles. The van der Waals surface area contributed by atoms with Gasteiger partial charge in [0.25, 0.3) is 0 Å². The lowest BCUT2D eigenvalue weighted by Gasteiger charge is -2.46. The number of nitrogens with zero attached hydrogens (tertiary/aromatic N) is 3. The molecule has 2 fully saturated rings.